The molecule has 1 spiro atoms. The van der Waals surface area contributed by atoms with E-state index >= 15 is 0 Å². The molecule has 1 saturated carbocycles. The molecule has 1 aliphatic heterocycles. The minimum atomic E-state index is -4.74. The maximum absolute atomic E-state index is 14.4. The van der Waals surface area contributed by atoms with Crippen LogP contribution in [-0.2, 0) is 18.1 Å². The van der Waals surface area contributed by atoms with Gasteiger partial charge in [0.05, 0.1) is 11.1 Å². The molecule has 1 heterocycles. The molecule has 0 aromatic heterocycles. The fourth-order valence-corrected chi connectivity index (χ4v) is 7.48. The van der Waals surface area contributed by atoms with Crippen LogP contribution >= 0.6 is 0 Å². The Balaban J connectivity index is 1.44. The average Bonchev–Trinajstić information content (AvgIpc) is 3.33. The number of fused-ring (bicyclic) bond motifs is 3. The summed E-state index contributed by atoms with van der Waals surface area (Å²) in [5, 5.41) is 0. The third-order valence-corrected chi connectivity index (χ3v) is 9.53. The van der Waals surface area contributed by atoms with Gasteiger partial charge in [-0.2, -0.15) is 13.2 Å². The predicted molar refractivity (Wildman–Crippen MR) is 147 cm³/mol. The Morgan fingerprint density at radius 3 is 2.25 bits per heavy atom. The smallest absolute Gasteiger partial charge is 0.329 e. The van der Waals surface area contributed by atoms with Crippen molar-refractivity contribution in [3.8, 4) is 0 Å². The summed E-state index contributed by atoms with van der Waals surface area (Å²) in [5.41, 5.74) is 3.82. The van der Waals surface area contributed by atoms with Crippen LogP contribution in [0.3, 0.4) is 0 Å². The largest absolute Gasteiger partial charge is 0.416 e. The zero-order valence-corrected chi connectivity index (χ0v) is 22.7. The van der Waals surface area contributed by atoms with Crippen molar-refractivity contribution in [3.05, 3.63) is 112 Å². The molecule has 7 heteroatoms. The molecule has 3 aromatic carbocycles. The van der Waals surface area contributed by atoms with Crippen molar-refractivity contribution in [3.63, 3.8) is 0 Å². The predicted octanol–water partition coefficient (Wildman–Crippen LogP) is 7.47. The quantitative estimate of drug-likeness (QED) is 0.317. The monoisotopic (exact) mass is 548 g/mol. The molecule has 0 saturated heterocycles. The molecule has 0 unspecified atom stereocenters. The van der Waals surface area contributed by atoms with E-state index in [0.717, 1.165) is 25.0 Å². The van der Waals surface area contributed by atoms with Gasteiger partial charge in [-0.05, 0) is 98.7 Å². The average molecular weight is 549 g/mol. The van der Waals surface area contributed by atoms with Crippen LogP contribution in [0.4, 0.5) is 17.6 Å². The van der Waals surface area contributed by atoms with Gasteiger partial charge in [-0.15, -0.1) is 0 Å². The van der Waals surface area contributed by atoms with Crippen LogP contribution in [0.25, 0.3) is 5.57 Å². The van der Waals surface area contributed by atoms with Crippen molar-refractivity contribution < 1.29 is 22.4 Å². The van der Waals surface area contributed by atoms with E-state index in [-0.39, 0.29) is 11.1 Å². The number of carbonyl (C=O) groups excluding carboxylic acids is 1. The normalized spacial score (nSPS) is 24.4. The van der Waals surface area contributed by atoms with Gasteiger partial charge in [0.25, 0.3) is 5.91 Å². The van der Waals surface area contributed by atoms with Crippen LogP contribution in [-0.4, -0.2) is 41.9 Å². The van der Waals surface area contributed by atoms with Gasteiger partial charge in [0, 0.05) is 17.6 Å². The van der Waals surface area contributed by atoms with Gasteiger partial charge in [0.15, 0.2) is 0 Å². The Morgan fingerprint density at radius 2 is 1.57 bits per heavy atom. The second-order valence-electron chi connectivity index (χ2n) is 11.5. The lowest BCUT2D eigenvalue weighted by Gasteiger charge is -2.56. The highest BCUT2D eigenvalue weighted by atomic mass is 19.4. The van der Waals surface area contributed by atoms with Gasteiger partial charge in [-0.3, -0.25) is 9.69 Å². The van der Waals surface area contributed by atoms with Gasteiger partial charge in [0.2, 0.25) is 0 Å². The van der Waals surface area contributed by atoms with Crippen molar-refractivity contribution in [1.82, 2.24) is 9.80 Å². The van der Waals surface area contributed by atoms with Gasteiger partial charge in [-0.1, -0.05) is 54.6 Å². The van der Waals surface area contributed by atoms with Crippen LogP contribution in [0.15, 0.2) is 78.4 Å². The van der Waals surface area contributed by atoms with E-state index in [2.05, 4.69) is 43.3 Å². The van der Waals surface area contributed by atoms with Crippen molar-refractivity contribution in [1.29, 1.82) is 0 Å². The van der Waals surface area contributed by atoms with E-state index in [1.54, 1.807) is 4.90 Å². The summed E-state index contributed by atoms with van der Waals surface area (Å²) in [6.45, 7) is 0.379. The Bertz CT molecular complexity index is 1480. The van der Waals surface area contributed by atoms with Crippen LogP contribution in [0.5, 0.6) is 0 Å². The summed E-state index contributed by atoms with van der Waals surface area (Å²) in [4.78, 5) is 18.1. The molecular formula is C33H32F4N2O. The topological polar surface area (TPSA) is 23.6 Å². The highest BCUT2D eigenvalue weighted by molar-refractivity contribution is 5.96. The number of nitrogens with zero attached hydrogens (tertiary/aromatic N) is 2. The second kappa shape index (κ2) is 9.58. The zero-order chi connectivity index (χ0) is 28.3. The fraction of sp³-hybridized carbons (Fsp3) is 0.364. The maximum Gasteiger partial charge on any atom is 0.416 e. The molecule has 3 aromatic rings. The standard InChI is InChI=1S/C33H32F4N2O/c1-38(2)31(24-9-4-3-5-10-24)13-15-32(16-14-31)29-20-22-8-6-7-11-27(22)28(29)12-17-39(32)30(40)23-18-25(33(35,36)37)21-26(34)19-23/h3-11,18-19,21H,12-17,20H2,1-2H3. The number of halogens is 4. The van der Waals surface area contributed by atoms with E-state index in [9.17, 15) is 22.4 Å². The van der Waals surface area contributed by atoms with E-state index < -0.39 is 29.0 Å². The summed E-state index contributed by atoms with van der Waals surface area (Å²) >= 11 is 0. The van der Waals surface area contributed by atoms with Crippen LogP contribution in [0.2, 0.25) is 0 Å². The van der Waals surface area contributed by atoms with E-state index in [1.807, 2.05) is 30.3 Å². The molecule has 1 fully saturated rings. The summed E-state index contributed by atoms with van der Waals surface area (Å²) in [6.07, 6.45) is -0.521. The third kappa shape index (κ3) is 4.17. The number of rotatable bonds is 3. The number of hydrogen-bond acceptors (Lipinski definition) is 2. The number of carbonyl (C=O) groups is 1. The van der Waals surface area contributed by atoms with E-state index in [1.165, 1.54) is 27.8 Å². The van der Waals surface area contributed by atoms with E-state index in [4.69, 9.17) is 0 Å². The van der Waals surface area contributed by atoms with Gasteiger partial charge < -0.3 is 4.90 Å². The first kappa shape index (κ1) is 26.8. The number of benzene rings is 3. The lowest BCUT2D eigenvalue weighted by Crippen LogP contribution is -2.60. The summed E-state index contributed by atoms with van der Waals surface area (Å²) in [7, 11) is 4.16. The molecule has 0 bridgehead atoms. The van der Waals surface area contributed by atoms with Crippen LogP contribution < -0.4 is 0 Å². The third-order valence-electron chi connectivity index (χ3n) is 9.53. The molecule has 3 aliphatic rings. The fourth-order valence-electron chi connectivity index (χ4n) is 7.48. The highest BCUT2D eigenvalue weighted by Gasteiger charge is 2.54. The minimum absolute atomic E-state index is 0.229. The SMILES string of the molecule is CN(C)C1(c2ccccc2)CCC2(CC1)C1=C(CCN2C(=O)c2cc(F)cc(C(F)(F)F)c2)c2ccccc2C1. The molecular weight excluding hydrogens is 516 g/mol. The second-order valence-corrected chi connectivity index (χ2v) is 11.5. The number of amides is 1. The van der Waals surface area contributed by atoms with Gasteiger partial charge in [-0.25, -0.2) is 4.39 Å². The number of hydrogen-bond donors (Lipinski definition) is 0. The molecule has 0 atom stereocenters. The van der Waals surface area contributed by atoms with Gasteiger partial charge in [0.1, 0.15) is 5.82 Å². The van der Waals surface area contributed by atoms with Gasteiger partial charge >= 0.3 is 6.18 Å². The first-order chi connectivity index (χ1) is 19.0. The lowest BCUT2D eigenvalue weighted by molar-refractivity contribution is -0.137. The molecule has 0 N–H and O–H groups in total. The first-order valence-corrected chi connectivity index (χ1v) is 13.8. The molecule has 3 nitrogen and oxygen atoms in total. The van der Waals surface area contributed by atoms with Crippen molar-refractivity contribution in [2.24, 2.45) is 0 Å². The van der Waals surface area contributed by atoms with Crippen molar-refractivity contribution >= 4 is 11.5 Å². The molecule has 208 valence electrons. The molecule has 2 aliphatic carbocycles. The Kier molecular flexibility index (Phi) is 6.41. The van der Waals surface area contributed by atoms with Crippen LogP contribution in [0, 0.1) is 5.82 Å². The minimum Gasteiger partial charge on any atom is -0.329 e. The molecule has 40 heavy (non-hydrogen) atoms. The van der Waals surface area contributed by atoms with Crippen molar-refractivity contribution in [2.45, 2.75) is 55.8 Å². The molecule has 1 amide bonds. The lowest BCUT2D eigenvalue weighted by atomic mass is 9.63. The maximum atomic E-state index is 14.4. The summed E-state index contributed by atoms with van der Waals surface area (Å²) in [5.74, 6) is -1.60. The van der Waals surface area contributed by atoms with Crippen LogP contribution in [0.1, 0.15) is 64.7 Å². The Hall–Kier alpha value is -3.45. The number of alkyl halides is 3. The first-order valence-electron chi connectivity index (χ1n) is 13.8. The molecule has 6 rings (SSSR count). The van der Waals surface area contributed by atoms with Crippen molar-refractivity contribution in [2.75, 3.05) is 20.6 Å². The zero-order valence-electron chi connectivity index (χ0n) is 22.7. The summed E-state index contributed by atoms with van der Waals surface area (Å²) < 4.78 is 55.0. The highest BCUT2D eigenvalue weighted by Crippen LogP contribution is 2.55. The molecule has 0 radical (unpaired) electrons. The van der Waals surface area contributed by atoms with E-state index in [0.29, 0.717) is 38.3 Å². The summed E-state index contributed by atoms with van der Waals surface area (Å²) in [6, 6.07) is 20.8. The Morgan fingerprint density at radius 1 is 0.900 bits per heavy atom. The Labute approximate surface area is 232 Å².